The molecule has 0 amide bonds. The number of rotatable bonds is 2. The standard InChI is InChI=1S/C14H23N3S/c1-9-7-16-13(10(2)14(9)15)8-17-5-6-18-12(4)11(17)3/h7,11-12H,5-6,8H2,1-4H3,(H2,15,16). The second-order valence-corrected chi connectivity index (χ2v) is 6.70. The lowest BCUT2D eigenvalue weighted by atomic mass is 10.1. The highest BCUT2D eigenvalue weighted by atomic mass is 32.2. The molecule has 0 aromatic carbocycles. The number of nitrogens with two attached hydrogens (primary N) is 1. The van der Waals surface area contributed by atoms with Crippen LogP contribution in [0.4, 0.5) is 5.69 Å². The van der Waals surface area contributed by atoms with Crippen LogP contribution in [0.2, 0.25) is 0 Å². The molecular formula is C14H23N3S. The molecule has 1 saturated heterocycles. The van der Waals surface area contributed by atoms with Gasteiger partial charge in [0.1, 0.15) is 0 Å². The Labute approximate surface area is 114 Å². The predicted octanol–water partition coefficient (Wildman–Crippen LogP) is 2.61. The SMILES string of the molecule is Cc1cnc(CN2CCSC(C)C2C)c(C)c1N. The Morgan fingerprint density at radius 1 is 1.44 bits per heavy atom. The lowest BCUT2D eigenvalue weighted by Crippen LogP contribution is -2.44. The molecule has 100 valence electrons. The predicted molar refractivity (Wildman–Crippen MR) is 79.9 cm³/mol. The van der Waals surface area contributed by atoms with E-state index >= 15 is 0 Å². The van der Waals surface area contributed by atoms with Gasteiger partial charge in [0.05, 0.1) is 5.69 Å². The molecule has 4 heteroatoms. The molecule has 1 aromatic rings. The molecule has 2 atom stereocenters. The fourth-order valence-electron chi connectivity index (χ4n) is 2.36. The normalized spacial score (nSPS) is 25.3. The Kier molecular flexibility index (Phi) is 4.17. The van der Waals surface area contributed by atoms with Crippen LogP contribution in [0.3, 0.4) is 0 Å². The third-order valence-corrected chi connectivity index (χ3v) is 5.38. The summed E-state index contributed by atoms with van der Waals surface area (Å²) in [5, 5.41) is 0.696. The summed E-state index contributed by atoms with van der Waals surface area (Å²) in [5.74, 6) is 1.21. The van der Waals surface area contributed by atoms with Crippen molar-refractivity contribution in [3.8, 4) is 0 Å². The third kappa shape index (κ3) is 2.64. The van der Waals surface area contributed by atoms with E-state index in [1.165, 1.54) is 5.75 Å². The van der Waals surface area contributed by atoms with Gasteiger partial charge >= 0.3 is 0 Å². The Hall–Kier alpha value is -0.740. The van der Waals surface area contributed by atoms with Gasteiger partial charge in [0.15, 0.2) is 0 Å². The van der Waals surface area contributed by atoms with Gasteiger partial charge in [-0.15, -0.1) is 0 Å². The number of pyridine rings is 1. The smallest absolute Gasteiger partial charge is 0.0593 e. The topological polar surface area (TPSA) is 42.2 Å². The highest BCUT2D eigenvalue weighted by Gasteiger charge is 2.25. The summed E-state index contributed by atoms with van der Waals surface area (Å²) in [4.78, 5) is 7.08. The van der Waals surface area contributed by atoms with Crippen LogP contribution < -0.4 is 5.73 Å². The largest absolute Gasteiger partial charge is 0.398 e. The maximum atomic E-state index is 6.09. The summed E-state index contributed by atoms with van der Waals surface area (Å²) < 4.78 is 0. The number of nitrogens with zero attached hydrogens (tertiary/aromatic N) is 2. The van der Waals surface area contributed by atoms with Crippen molar-refractivity contribution in [3.05, 3.63) is 23.0 Å². The van der Waals surface area contributed by atoms with Crippen molar-refractivity contribution in [2.24, 2.45) is 0 Å². The van der Waals surface area contributed by atoms with E-state index in [1.54, 1.807) is 0 Å². The summed E-state index contributed by atoms with van der Waals surface area (Å²) in [6.45, 7) is 10.8. The number of nitrogen functional groups attached to an aromatic ring is 1. The Balaban J connectivity index is 2.16. The van der Waals surface area contributed by atoms with Gasteiger partial charge in [-0.25, -0.2) is 0 Å². The molecule has 2 N–H and O–H groups in total. The van der Waals surface area contributed by atoms with Crippen LogP contribution in [0.1, 0.15) is 30.7 Å². The minimum absolute atomic E-state index is 0.604. The zero-order valence-corrected chi connectivity index (χ0v) is 12.5. The molecule has 18 heavy (non-hydrogen) atoms. The number of hydrogen-bond acceptors (Lipinski definition) is 4. The van der Waals surface area contributed by atoms with E-state index in [1.807, 2.05) is 13.1 Å². The van der Waals surface area contributed by atoms with Crippen molar-refractivity contribution in [1.82, 2.24) is 9.88 Å². The van der Waals surface area contributed by atoms with E-state index < -0.39 is 0 Å². The maximum Gasteiger partial charge on any atom is 0.0593 e. The average molecular weight is 265 g/mol. The molecule has 1 aliphatic rings. The van der Waals surface area contributed by atoms with E-state index in [-0.39, 0.29) is 0 Å². The molecule has 2 heterocycles. The summed E-state index contributed by atoms with van der Waals surface area (Å²) >= 11 is 2.06. The first-order valence-electron chi connectivity index (χ1n) is 6.57. The highest BCUT2D eigenvalue weighted by Crippen LogP contribution is 2.27. The van der Waals surface area contributed by atoms with Crippen LogP contribution in [0.5, 0.6) is 0 Å². The molecule has 0 aliphatic carbocycles. The fourth-order valence-corrected chi connectivity index (χ4v) is 3.53. The number of aromatic nitrogens is 1. The van der Waals surface area contributed by atoms with Crippen molar-refractivity contribution < 1.29 is 0 Å². The first kappa shape index (κ1) is 13.7. The number of anilines is 1. The van der Waals surface area contributed by atoms with Gasteiger partial charge < -0.3 is 5.73 Å². The first-order valence-corrected chi connectivity index (χ1v) is 7.61. The summed E-state index contributed by atoms with van der Waals surface area (Å²) in [5.41, 5.74) is 10.3. The van der Waals surface area contributed by atoms with Crippen molar-refractivity contribution in [2.45, 2.75) is 45.5 Å². The Morgan fingerprint density at radius 3 is 2.89 bits per heavy atom. The van der Waals surface area contributed by atoms with Crippen molar-refractivity contribution in [2.75, 3.05) is 18.0 Å². The van der Waals surface area contributed by atoms with Gasteiger partial charge in [0.2, 0.25) is 0 Å². The number of hydrogen-bond donors (Lipinski definition) is 1. The Bertz CT molecular complexity index is 433. The van der Waals surface area contributed by atoms with Gasteiger partial charge in [-0.2, -0.15) is 11.8 Å². The molecule has 2 rings (SSSR count). The van der Waals surface area contributed by atoms with Crippen LogP contribution in [0.15, 0.2) is 6.20 Å². The second kappa shape index (κ2) is 5.49. The van der Waals surface area contributed by atoms with Gasteiger partial charge in [0.25, 0.3) is 0 Å². The lowest BCUT2D eigenvalue weighted by molar-refractivity contribution is 0.201. The minimum atomic E-state index is 0.604. The molecule has 0 saturated carbocycles. The van der Waals surface area contributed by atoms with Crippen LogP contribution in [0, 0.1) is 13.8 Å². The molecule has 0 radical (unpaired) electrons. The first-order chi connectivity index (χ1) is 8.50. The van der Waals surface area contributed by atoms with Gasteiger partial charge in [0, 0.05) is 42.0 Å². The van der Waals surface area contributed by atoms with E-state index in [0.717, 1.165) is 35.6 Å². The van der Waals surface area contributed by atoms with Crippen molar-refractivity contribution in [1.29, 1.82) is 0 Å². The maximum absolute atomic E-state index is 6.09. The molecule has 0 spiro atoms. The van der Waals surface area contributed by atoms with Crippen LogP contribution in [0.25, 0.3) is 0 Å². The molecule has 1 aromatic heterocycles. The van der Waals surface area contributed by atoms with E-state index in [2.05, 4.69) is 42.4 Å². The Morgan fingerprint density at radius 2 is 2.17 bits per heavy atom. The van der Waals surface area contributed by atoms with Gasteiger partial charge in [-0.1, -0.05) is 6.92 Å². The van der Waals surface area contributed by atoms with Crippen molar-refractivity contribution >= 4 is 17.4 Å². The van der Waals surface area contributed by atoms with Crippen molar-refractivity contribution in [3.63, 3.8) is 0 Å². The summed E-state index contributed by atoms with van der Waals surface area (Å²) in [6, 6.07) is 0.604. The number of aryl methyl sites for hydroxylation is 1. The van der Waals surface area contributed by atoms with Gasteiger partial charge in [-0.05, 0) is 31.9 Å². The van der Waals surface area contributed by atoms with E-state index in [0.29, 0.717) is 11.3 Å². The van der Waals surface area contributed by atoms with Gasteiger partial charge in [-0.3, -0.25) is 9.88 Å². The lowest BCUT2D eigenvalue weighted by Gasteiger charge is -2.37. The average Bonchev–Trinajstić information content (AvgIpc) is 2.35. The second-order valence-electron chi connectivity index (χ2n) is 5.21. The van der Waals surface area contributed by atoms with E-state index in [4.69, 9.17) is 5.73 Å². The summed E-state index contributed by atoms with van der Waals surface area (Å²) in [7, 11) is 0. The molecule has 2 unspecified atom stereocenters. The van der Waals surface area contributed by atoms with Crippen LogP contribution in [-0.2, 0) is 6.54 Å². The molecule has 1 fully saturated rings. The highest BCUT2D eigenvalue weighted by molar-refractivity contribution is 8.00. The zero-order chi connectivity index (χ0) is 13.3. The monoisotopic (exact) mass is 265 g/mol. The van der Waals surface area contributed by atoms with E-state index in [9.17, 15) is 0 Å². The number of thioether (sulfide) groups is 1. The fraction of sp³-hybridized carbons (Fsp3) is 0.643. The molecule has 3 nitrogen and oxygen atoms in total. The summed E-state index contributed by atoms with van der Waals surface area (Å²) in [6.07, 6.45) is 1.89. The molecular weight excluding hydrogens is 242 g/mol. The quantitative estimate of drug-likeness (QED) is 0.892. The van der Waals surface area contributed by atoms with Crippen LogP contribution >= 0.6 is 11.8 Å². The molecule has 1 aliphatic heterocycles. The van der Waals surface area contributed by atoms with Crippen LogP contribution in [-0.4, -0.2) is 33.5 Å². The zero-order valence-electron chi connectivity index (χ0n) is 11.7. The minimum Gasteiger partial charge on any atom is -0.398 e. The third-order valence-electron chi connectivity index (χ3n) is 4.04. The molecule has 0 bridgehead atoms.